The van der Waals surface area contributed by atoms with E-state index >= 15 is 0 Å². The van der Waals surface area contributed by atoms with Gasteiger partial charge in [-0.1, -0.05) is 12.1 Å². The molecule has 0 spiro atoms. The maximum absolute atomic E-state index is 14.9. The fourth-order valence-corrected chi connectivity index (χ4v) is 4.96. The van der Waals surface area contributed by atoms with Crippen LogP contribution >= 0.6 is 0 Å². The fraction of sp³-hybridized carbons (Fsp3) is 0.619. The van der Waals surface area contributed by atoms with Crippen LogP contribution in [0.2, 0.25) is 0 Å². The Hall–Kier alpha value is -2.66. The summed E-state index contributed by atoms with van der Waals surface area (Å²) in [7, 11) is -3.89. The summed E-state index contributed by atoms with van der Waals surface area (Å²) in [5.74, 6) is -4.28. The highest BCUT2D eigenvalue weighted by molar-refractivity contribution is 7.90. The Morgan fingerprint density at radius 2 is 1.79 bits per heavy atom. The lowest BCUT2D eigenvalue weighted by atomic mass is 10.1. The molecule has 1 heterocycles. The molecule has 3 rings (SSSR count). The van der Waals surface area contributed by atoms with Crippen molar-refractivity contribution in [3.63, 3.8) is 0 Å². The standard InChI is InChI=1S/C21H24F7N3O6S/c1-11-2-3-12(17(16(11)22)36-10-15(32)30-38(34,35)13-4-5-13)9-31-7-6-29-8-14(31)18(33)37-19(20(23,24)25)21(26,27)28/h2-3,13-14,19,29H,4-10H2,1H3,(H,30,32). The summed E-state index contributed by atoms with van der Waals surface area (Å²) >= 11 is 0. The van der Waals surface area contributed by atoms with Crippen LogP contribution in [-0.2, 0) is 30.9 Å². The molecule has 1 unspecified atom stereocenters. The minimum atomic E-state index is -5.89. The second-order valence-corrected chi connectivity index (χ2v) is 10.8. The van der Waals surface area contributed by atoms with Crippen molar-refractivity contribution in [1.29, 1.82) is 0 Å². The Morgan fingerprint density at radius 3 is 2.37 bits per heavy atom. The van der Waals surface area contributed by atoms with Gasteiger partial charge in [-0.3, -0.25) is 14.5 Å². The summed E-state index contributed by atoms with van der Waals surface area (Å²) in [6.45, 7) is -0.116. The minimum Gasteiger partial charge on any atom is -0.480 e. The molecule has 2 aliphatic rings. The van der Waals surface area contributed by atoms with Crippen molar-refractivity contribution in [2.45, 2.75) is 56.1 Å². The van der Waals surface area contributed by atoms with Crippen LogP contribution in [0.3, 0.4) is 0 Å². The van der Waals surface area contributed by atoms with Crippen LogP contribution in [0.1, 0.15) is 24.0 Å². The average molecular weight is 579 g/mol. The monoisotopic (exact) mass is 579 g/mol. The van der Waals surface area contributed by atoms with E-state index in [0.717, 1.165) is 0 Å². The number of alkyl halides is 6. The second-order valence-electron chi connectivity index (χ2n) is 8.83. The Balaban J connectivity index is 1.76. The minimum absolute atomic E-state index is 0.00819. The first-order chi connectivity index (χ1) is 17.5. The van der Waals surface area contributed by atoms with Gasteiger partial charge < -0.3 is 14.8 Å². The van der Waals surface area contributed by atoms with E-state index in [-0.39, 0.29) is 37.3 Å². The van der Waals surface area contributed by atoms with E-state index in [1.807, 2.05) is 4.72 Å². The number of carbonyl (C=O) groups excluding carboxylic acids is 2. The molecule has 2 fully saturated rings. The van der Waals surface area contributed by atoms with Gasteiger partial charge in [0, 0.05) is 31.7 Å². The van der Waals surface area contributed by atoms with Gasteiger partial charge in [0.15, 0.2) is 18.2 Å². The smallest absolute Gasteiger partial charge is 0.434 e. The Bertz CT molecular complexity index is 1140. The van der Waals surface area contributed by atoms with Crippen molar-refractivity contribution in [1.82, 2.24) is 14.9 Å². The molecule has 214 valence electrons. The van der Waals surface area contributed by atoms with Crippen molar-refractivity contribution in [3.05, 3.63) is 29.1 Å². The van der Waals surface area contributed by atoms with Gasteiger partial charge in [0.1, 0.15) is 6.04 Å². The lowest BCUT2D eigenvalue weighted by molar-refractivity contribution is -0.314. The van der Waals surface area contributed by atoms with Crippen molar-refractivity contribution < 1.29 is 58.2 Å². The van der Waals surface area contributed by atoms with E-state index in [2.05, 4.69) is 10.1 Å². The van der Waals surface area contributed by atoms with Gasteiger partial charge in [0.25, 0.3) is 12.0 Å². The highest BCUT2D eigenvalue weighted by Crippen LogP contribution is 2.36. The maximum atomic E-state index is 14.9. The fourth-order valence-electron chi connectivity index (χ4n) is 3.66. The molecule has 0 aromatic heterocycles. The van der Waals surface area contributed by atoms with Gasteiger partial charge in [-0.2, -0.15) is 26.3 Å². The van der Waals surface area contributed by atoms with Crippen molar-refractivity contribution in [2.75, 3.05) is 26.2 Å². The van der Waals surface area contributed by atoms with Crippen LogP contribution in [0.25, 0.3) is 0 Å². The molecule has 9 nitrogen and oxygen atoms in total. The number of amides is 1. The van der Waals surface area contributed by atoms with Crippen LogP contribution in [0.4, 0.5) is 30.7 Å². The molecule has 1 atom stereocenters. The van der Waals surface area contributed by atoms with Gasteiger partial charge >= 0.3 is 18.3 Å². The van der Waals surface area contributed by atoms with E-state index in [1.165, 1.54) is 24.0 Å². The first-order valence-electron chi connectivity index (χ1n) is 11.2. The van der Waals surface area contributed by atoms with Gasteiger partial charge in [0.2, 0.25) is 10.0 Å². The van der Waals surface area contributed by atoms with E-state index in [0.29, 0.717) is 12.8 Å². The van der Waals surface area contributed by atoms with Crippen molar-refractivity contribution in [3.8, 4) is 5.75 Å². The molecule has 1 aliphatic heterocycles. The zero-order chi connectivity index (χ0) is 28.5. The number of hydrogen-bond donors (Lipinski definition) is 2. The Morgan fingerprint density at radius 1 is 1.16 bits per heavy atom. The molecular formula is C21H24F7N3O6S. The normalized spacial score (nSPS) is 19.3. The molecule has 1 aromatic carbocycles. The lowest BCUT2D eigenvalue weighted by Crippen LogP contribution is -2.57. The summed E-state index contributed by atoms with van der Waals surface area (Å²) < 4.78 is 127. The second kappa shape index (κ2) is 11.2. The summed E-state index contributed by atoms with van der Waals surface area (Å²) in [5, 5.41) is 1.98. The molecule has 2 N–H and O–H groups in total. The molecule has 1 saturated carbocycles. The number of ether oxygens (including phenoxy) is 2. The third-order valence-corrected chi connectivity index (χ3v) is 7.63. The first kappa shape index (κ1) is 29.9. The number of sulfonamides is 1. The molecule has 0 radical (unpaired) electrons. The predicted molar refractivity (Wildman–Crippen MR) is 116 cm³/mol. The first-order valence-corrected chi connectivity index (χ1v) is 12.8. The lowest BCUT2D eigenvalue weighted by Gasteiger charge is -2.36. The van der Waals surface area contributed by atoms with Gasteiger partial charge in [-0.15, -0.1) is 0 Å². The zero-order valence-electron chi connectivity index (χ0n) is 19.8. The number of benzene rings is 1. The van der Waals surface area contributed by atoms with Gasteiger partial charge in [-0.05, 0) is 25.3 Å². The molecular weight excluding hydrogens is 555 g/mol. The van der Waals surface area contributed by atoms with Gasteiger partial charge in [-0.25, -0.2) is 17.5 Å². The summed E-state index contributed by atoms with van der Waals surface area (Å²) in [6, 6.07) is 1.05. The highest BCUT2D eigenvalue weighted by Gasteiger charge is 2.60. The molecule has 1 aromatic rings. The number of carbonyl (C=O) groups is 2. The quantitative estimate of drug-likeness (QED) is 0.337. The largest absolute Gasteiger partial charge is 0.480 e. The van der Waals surface area contributed by atoms with E-state index in [9.17, 15) is 48.7 Å². The molecule has 1 aliphatic carbocycles. The van der Waals surface area contributed by atoms with E-state index < -0.39 is 69.8 Å². The van der Waals surface area contributed by atoms with Crippen LogP contribution in [0, 0.1) is 12.7 Å². The zero-order valence-corrected chi connectivity index (χ0v) is 20.6. The molecule has 38 heavy (non-hydrogen) atoms. The molecule has 1 amide bonds. The number of aryl methyl sites for hydroxylation is 1. The number of hydrogen-bond acceptors (Lipinski definition) is 8. The SMILES string of the molecule is Cc1ccc(CN2CCNCC2C(=O)OC(C(F)(F)F)C(F)(F)F)c(OCC(=O)NS(=O)(=O)C2CC2)c1F. The third kappa shape index (κ3) is 7.47. The third-order valence-electron chi connectivity index (χ3n) is 5.77. The van der Waals surface area contributed by atoms with Crippen molar-refractivity contribution in [2.24, 2.45) is 0 Å². The molecule has 0 bridgehead atoms. The predicted octanol–water partition coefficient (Wildman–Crippen LogP) is 1.93. The number of nitrogens with zero attached hydrogens (tertiary/aromatic N) is 1. The molecule has 1 saturated heterocycles. The number of esters is 1. The van der Waals surface area contributed by atoms with E-state index in [1.54, 1.807) is 0 Å². The summed E-state index contributed by atoms with van der Waals surface area (Å²) in [4.78, 5) is 25.6. The highest BCUT2D eigenvalue weighted by atomic mass is 32.2. The van der Waals surface area contributed by atoms with Crippen LogP contribution < -0.4 is 14.8 Å². The topological polar surface area (TPSA) is 114 Å². The average Bonchev–Trinajstić information content (AvgIpc) is 3.64. The van der Waals surface area contributed by atoms with Crippen LogP contribution in [0.15, 0.2) is 12.1 Å². The number of piperazine rings is 1. The van der Waals surface area contributed by atoms with Crippen LogP contribution in [-0.4, -0.2) is 81.2 Å². The number of nitrogens with one attached hydrogen (secondary N) is 2. The van der Waals surface area contributed by atoms with E-state index in [4.69, 9.17) is 4.74 Å². The molecule has 17 heteroatoms. The van der Waals surface area contributed by atoms with Crippen LogP contribution in [0.5, 0.6) is 5.75 Å². The van der Waals surface area contributed by atoms with Gasteiger partial charge in [0.05, 0.1) is 5.25 Å². The maximum Gasteiger partial charge on any atom is 0.434 e. The Labute approximate surface area is 212 Å². The van der Waals surface area contributed by atoms with Crippen molar-refractivity contribution >= 4 is 21.9 Å². The number of halogens is 7. The summed E-state index contributed by atoms with van der Waals surface area (Å²) in [5.41, 5.74) is 0.0815. The summed E-state index contributed by atoms with van der Waals surface area (Å²) in [6.07, 6.45) is -15.3. The number of rotatable bonds is 9. The Kier molecular flexibility index (Phi) is 8.82.